The fourth-order valence-electron chi connectivity index (χ4n) is 0.804. The van der Waals surface area contributed by atoms with Gasteiger partial charge in [0.2, 0.25) is 0 Å². The molecule has 0 amide bonds. The molecule has 2 bridgehead atoms. The number of aliphatic carboxylic acids is 1. The van der Waals surface area contributed by atoms with Crippen LogP contribution in [0, 0.1) is 0 Å². The van der Waals surface area contributed by atoms with E-state index in [0.717, 1.165) is 6.92 Å². The maximum Gasteiger partial charge on any atom is 1.00 e. The van der Waals surface area contributed by atoms with Gasteiger partial charge in [-0.15, -0.1) is 0 Å². The minimum Gasteiger partial charge on any atom is -1.00 e. The summed E-state index contributed by atoms with van der Waals surface area (Å²) in [5, 5.41) is 7.42. The fraction of sp³-hybridized carbons (Fsp3) is 0.125. The standard InChI is InChI=1S/C6H5N.C2H4O2.K.H/c1-2-6-4-3-5(1)7-6;1-2(3)4;;/h1-4,7H;1H3,(H,3,4);;/q;;+1;-1. The van der Waals surface area contributed by atoms with Crippen LogP contribution in [-0.4, -0.2) is 16.1 Å². The van der Waals surface area contributed by atoms with E-state index in [1.165, 1.54) is 11.0 Å². The molecule has 2 aromatic heterocycles. The van der Waals surface area contributed by atoms with E-state index >= 15 is 0 Å². The van der Waals surface area contributed by atoms with E-state index in [4.69, 9.17) is 9.90 Å². The van der Waals surface area contributed by atoms with Gasteiger partial charge in [-0.1, -0.05) is 0 Å². The molecule has 60 valence electrons. The van der Waals surface area contributed by atoms with Gasteiger partial charge in [-0.05, 0) is 24.3 Å². The Labute approximate surface area is 114 Å². The third kappa shape index (κ3) is 4.23. The van der Waals surface area contributed by atoms with E-state index in [-0.39, 0.29) is 52.8 Å². The summed E-state index contributed by atoms with van der Waals surface area (Å²) in [7, 11) is 0. The Morgan fingerprint density at radius 3 is 1.67 bits per heavy atom. The summed E-state index contributed by atoms with van der Waals surface area (Å²) in [6.45, 7) is 1.08. The number of rotatable bonds is 0. The van der Waals surface area contributed by atoms with Crippen molar-refractivity contribution in [1.29, 1.82) is 0 Å². The number of H-pyrrole nitrogens is 1. The Bertz CT molecular complexity index is 287. The summed E-state index contributed by atoms with van der Waals surface area (Å²) in [5.41, 5.74) is 2.44. The van der Waals surface area contributed by atoms with Crippen molar-refractivity contribution in [3.05, 3.63) is 24.3 Å². The van der Waals surface area contributed by atoms with Gasteiger partial charge >= 0.3 is 51.4 Å². The molecule has 0 spiro atoms. The van der Waals surface area contributed by atoms with E-state index in [1.54, 1.807) is 0 Å². The van der Waals surface area contributed by atoms with Gasteiger partial charge in [0.25, 0.3) is 5.97 Å². The topological polar surface area (TPSA) is 53.1 Å². The summed E-state index contributed by atoms with van der Waals surface area (Å²) in [4.78, 5) is 12.1. The van der Waals surface area contributed by atoms with Gasteiger partial charge in [-0.25, -0.2) is 0 Å². The van der Waals surface area contributed by atoms with E-state index in [2.05, 4.69) is 29.2 Å². The van der Waals surface area contributed by atoms with Crippen LogP contribution in [0.25, 0.3) is 11.0 Å². The molecule has 0 saturated heterocycles. The molecule has 0 aliphatic rings. The molecule has 0 aliphatic carbocycles. The predicted molar refractivity (Wildman–Crippen MR) is 43.9 cm³/mol. The van der Waals surface area contributed by atoms with Crippen LogP contribution in [0.3, 0.4) is 0 Å². The van der Waals surface area contributed by atoms with Crippen molar-refractivity contribution < 1.29 is 62.7 Å². The second-order valence-corrected chi connectivity index (χ2v) is 2.22. The molecule has 0 atom stereocenters. The van der Waals surface area contributed by atoms with Crippen LogP contribution in [0.15, 0.2) is 24.3 Å². The second-order valence-electron chi connectivity index (χ2n) is 2.22. The van der Waals surface area contributed by atoms with Gasteiger partial charge in [0.05, 0.1) is 0 Å². The number of hydrogen-bond acceptors (Lipinski definition) is 1. The molecule has 0 aromatic carbocycles. The first-order valence-electron chi connectivity index (χ1n) is 3.25. The van der Waals surface area contributed by atoms with Crippen molar-refractivity contribution in [2.75, 3.05) is 0 Å². The average molecular weight is 191 g/mol. The quantitative estimate of drug-likeness (QED) is 0.515. The molecule has 0 fully saturated rings. The van der Waals surface area contributed by atoms with Gasteiger partial charge < -0.3 is 11.5 Å². The molecule has 3 nitrogen and oxygen atoms in total. The largest absolute Gasteiger partial charge is 1.00 e. The molecule has 0 unspecified atom stereocenters. The Morgan fingerprint density at radius 2 is 1.58 bits per heavy atom. The minimum atomic E-state index is -0.833. The molecule has 0 aliphatic heterocycles. The van der Waals surface area contributed by atoms with Crippen molar-refractivity contribution in [2.24, 2.45) is 0 Å². The van der Waals surface area contributed by atoms with Gasteiger partial charge in [-0.3, -0.25) is 4.79 Å². The molecule has 2 aromatic rings. The van der Waals surface area contributed by atoms with E-state index < -0.39 is 5.97 Å². The van der Waals surface area contributed by atoms with Crippen LogP contribution in [-0.2, 0) is 4.79 Å². The van der Waals surface area contributed by atoms with Crippen molar-refractivity contribution in [2.45, 2.75) is 6.92 Å². The maximum atomic E-state index is 9.00. The van der Waals surface area contributed by atoms with Crippen molar-refractivity contribution >= 4 is 17.0 Å². The van der Waals surface area contributed by atoms with Crippen LogP contribution >= 0.6 is 0 Å². The normalized spacial score (nSPS) is 8.42. The molecular formula is C8H10KNO2. The number of carboxylic acids is 1. The SMILES string of the molecule is CC(=O)O.[H-].[K+].c1cc2ccc1[nH]2. The number of hydrogen-bond donors (Lipinski definition) is 2. The summed E-state index contributed by atoms with van der Waals surface area (Å²) in [5.74, 6) is -0.833. The molecule has 2 heterocycles. The number of aromatic amines is 1. The first-order chi connectivity index (χ1) is 5.18. The Kier molecular flexibility index (Phi) is 5.78. The number of carbonyl (C=O) groups is 1. The Hall–Kier alpha value is 0.126. The predicted octanol–water partition coefficient (Wildman–Crippen LogP) is -1.19. The third-order valence-electron chi connectivity index (χ3n) is 1.17. The van der Waals surface area contributed by atoms with Crippen molar-refractivity contribution in [3.63, 3.8) is 0 Å². The molecule has 2 rings (SSSR count). The third-order valence-corrected chi connectivity index (χ3v) is 1.17. The van der Waals surface area contributed by atoms with Gasteiger partial charge in [0.1, 0.15) is 0 Å². The Balaban J connectivity index is 0. The maximum absolute atomic E-state index is 9.00. The number of aromatic nitrogens is 1. The van der Waals surface area contributed by atoms with Crippen LogP contribution in [0.1, 0.15) is 8.35 Å². The van der Waals surface area contributed by atoms with Crippen LogP contribution in [0.2, 0.25) is 0 Å². The minimum absolute atomic E-state index is 0. The van der Waals surface area contributed by atoms with E-state index in [0.29, 0.717) is 0 Å². The molecule has 2 N–H and O–H groups in total. The van der Waals surface area contributed by atoms with Crippen LogP contribution in [0.5, 0.6) is 0 Å². The van der Waals surface area contributed by atoms with Crippen LogP contribution < -0.4 is 51.4 Å². The van der Waals surface area contributed by atoms with Gasteiger partial charge in [0, 0.05) is 18.0 Å². The smallest absolute Gasteiger partial charge is 1.00 e. The first-order valence-corrected chi connectivity index (χ1v) is 3.25. The number of nitrogens with one attached hydrogen (secondary N) is 1. The summed E-state index contributed by atoms with van der Waals surface area (Å²) in [6.07, 6.45) is 0. The van der Waals surface area contributed by atoms with E-state index in [9.17, 15) is 0 Å². The monoisotopic (exact) mass is 191 g/mol. The molecule has 0 saturated carbocycles. The number of benzene rings is 1. The Morgan fingerprint density at radius 1 is 1.33 bits per heavy atom. The average Bonchev–Trinajstić information content (AvgIpc) is 2.45. The zero-order valence-electron chi connectivity index (χ0n) is 8.16. The molecule has 4 heteroatoms. The molecular weight excluding hydrogens is 181 g/mol. The first kappa shape index (κ1) is 12.1. The number of fused-ring (bicyclic) bond motifs is 2. The van der Waals surface area contributed by atoms with E-state index in [1.807, 2.05) is 0 Å². The zero-order chi connectivity index (χ0) is 8.27. The summed E-state index contributed by atoms with van der Waals surface area (Å²) < 4.78 is 0. The van der Waals surface area contributed by atoms with Gasteiger partial charge in [0.15, 0.2) is 0 Å². The second kappa shape index (κ2) is 5.72. The zero-order valence-corrected chi connectivity index (χ0v) is 10.3. The van der Waals surface area contributed by atoms with Gasteiger partial charge in [-0.2, -0.15) is 0 Å². The molecule has 12 heavy (non-hydrogen) atoms. The van der Waals surface area contributed by atoms with Crippen LogP contribution in [0.4, 0.5) is 0 Å². The molecule has 0 radical (unpaired) electrons. The number of carboxylic acid groups (broad SMARTS) is 1. The summed E-state index contributed by atoms with van der Waals surface area (Å²) >= 11 is 0. The van der Waals surface area contributed by atoms with Crippen molar-refractivity contribution in [3.8, 4) is 0 Å². The summed E-state index contributed by atoms with van der Waals surface area (Å²) in [6, 6.07) is 8.26. The van der Waals surface area contributed by atoms with Crippen molar-refractivity contribution in [1.82, 2.24) is 4.98 Å². The fourth-order valence-corrected chi connectivity index (χ4v) is 0.804.